The fourth-order valence-corrected chi connectivity index (χ4v) is 3.36. The Labute approximate surface area is 153 Å². The number of esters is 1. The lowest BCUT2D eigenvalue weighted by Crippen LogP contribution is -2.07. The van der Waals surface area contributed by atoms with Crippen molar-refractivity contribution in [2.75, 3.05) is 6.61 Å². The van der Waals surface area contributed by atoms with Crippen molar-refractivity contribution >= 4 is 5.97 Å². The summed E-state index contributed by atoms with van der Waals surface area (Å²) in [5.41, 5.74) is 1.08. The van der Waals surface area contributed by atoms with Crippen molar-refractivity contribution in [3.63, 3.8) is 0 Å². The molecule has 0 bridgehead atoms. The van der Waals surface area contributed by atoms with Gasteiger partial charge in [-0.05, 0) is 30.5 Å². The van der Waals surface area contributed by atoms with Gasteiger partial charge in [0.25, 0.3) is 0 Å². The van der Waals surface area contributed by atoms with Crippen LogP contribution in [0.3, 0.4) is 0 Å². The van der Waals surface area contributed by atoms with Crippen LogP contribution in [0.5, 0.6) is 5.75 Å². The van der Waals surface area contributed by atoms with Gasteiger partial charge in [0.2, 0.25) is 0 Å². The maximum atomic E-state index is 12.1. The van der Waals surface area contributed by atoms with E-state index in [1.165, 1.54) is 32.1 Å². The van der Waals surface area contributed by atoms with Crippen molar-refractivity contribution in [2.45, 2.75) is 84.2 Å². The molecule has 1 fully saturated rings. The fraction of sp³-hybridized carbons (Fsp3) is 0.682. The zero-order chi connectivity index (χ0) is 17.9. The van der Waals surface area contributed by atoms with E-state index in [1.807, 2.05) is 24.3 Å². The third-order valence-corrected chi connectivity index (χ3v) is 5.01. The summed E-state index contributed by atoms with van der Waals surface area (Å²) >= 11 is 0. The van der Waals surface area contributed by atoms with Gasteiger partial charge < -0.3 is 9.47 Å². The molecule has 1 aliphatic heterocycles. The third-order valence-electron chi connectivity index (χ3n) is 5.01. The van der Waals surface area contributed by atoms with E-state index in [2.05, 4.69) is 13.8 Å². The van der Waals surface area contributed by atoms with Gasteiger partial charge in [-0.3, -0.25) is 4.79 Å². The van der Waals surface area contributed by atoms with Gasteiger partial charge >= 0.3 is 5.97 Å². The average Bonchev–Trinajstić information content (AvgIpc) is 3.00. The molecule has 0 N–H and O–H groups in total. The first-order valence-corrected chi connectivity index (χ1v) is 10.2. The van der Waals surface area contributed by atoms with E-state index >= 15 is 0 Å². The lowest BCUT2D eigenvalue weighted by atomic mass is 9.95. The van der Waals surface area contributed by atoms with Crippen molar-refractivity contribution < 1.29 is 14.3 Å². The smallest absolute Gasteiger partial charge is 0.309 e. The number of benzene rings is 1. The predicted molar refractivity (Wildman–Crippen MR) is 102 cm³/mol. The van der Waals surface area contributed by atoms with Crippen LogP contribution in [0.1, 0.15) is 89.7 Å². The van der Waals surface area contributed by atoms with E-state index in [4.69, 9.17) is 9.47 Å². The number of carbonyl (C=O) groups is 1. The maximum Gasteiger partial charge on any atom is 0.309 e. The average molecular weight is 347 g/mol. The highest BCUT2D eigenvalue weighted by atomic mass is 16.6. The van der Waals surface area contributed by atoms with Gasteiger partial charge in [-0.2, -0.15) is 0 Å². The Balaban J connectivity index is 1.73. The van der Waals surface area contributed by atoms with E-state index in [1.54, 1.807) is 0 Å². The Hall–Kier alpha value is -1.51. The molecule has 0 aromatic heterocycles. The van der Waals surface area contributed by atoms with Crippen LogP contribution in [0, 0.1) is 5.92 Å². The second-order valence-corrected chi connectivity index (χ2v) is 7.19. The maximum absolute atomic E-state index is 12.1. The van der Waals surface area contributed by atoms with E-state index < -0.39 is 0 Å². The van der Waals surface area contributed by atoms with Crippen molar-refractivity contribution in [1.29, 1.82) is 0 Å². The minimum absolute atomic E-state index is 0.0122. The molecule has 2 unspecified atom stereocenters. The Morgan fingerprint density at radius 1 is 0.960 bits per heavy atom. The predicted octanol–water partition coefficient (Wildman–Crippen LogP) is 6.22. The van der Waals surface area contributed by atoms with Gasteiger partial charge in [0, 0.05) is 6.42 Å². The molecule has 2 rings (SSSR count). The molecule has 0 amide bonds. The van der Waals surface area contributed by atoms with Gasteiger partial charge in [-0.1, -0.05) is 70.9 Å². The first kappa shape index (κ1) is 19.8. The summed E-state index contributed by atoms with van der Waals surface area (Å²) in [6.45, 7) is 5.15. The second kappa shape index (κ2) is 11.2. The van der Waals surface area contributed by atoms with E-state index in [0.29, 0.717) is 0 Å². The van der Waals surface area contributed by atoms with Crippen LogP contribution < -0.4 is 4.74 Å². The summed E-state index contributed by atoms with van der Waals surface area (Å²) in [5, 5.41) is 0. The van der Waals surface area contributed by atoms with Crippen LogP contribution in [0.25, 0.3) is 0 Å². The molecule has 1 saturated heterocycles. The number of hydrogen-bond acceptors (Lipinski definition) is 3. The molecular weight excluding hydrogens is 312 g/mol. The summed E-state index contributed by atoms with van der Waals surface area (Å²) in [6, 6.07) is 8.04. The molecule has 0 radical (unpaired) electrons. The largest absolute Gasteiger partial charge is 0.494 e. The summed E-state index contributed by atoms with van der Waals surface area (Å²) in [4.78, 5) is 12.1. The quantitative estimate of drug-likeness (QED) is 0.333. The van der Waals surface area contributed by atoms with Gasteiger partial charge in [-0.15, -0.1) is 0 Å². The summed E-state index contributed by atoms with van der Waals surface area (Å²) in [7, 11) is 0. The topological polar surface area (TPSA) is 35.5 Å². The molecule has 3 nitrogen and oxygen atoms in total. The second-order valence-electron chi connectivity index (χ2n) is 7.19. The molecule has 0 aliphatic carbocycles. The van der Waals surface area contributed by atoms with Crippen molar-refractivity contribution in [3.8, 4) is 5.75 Å². The number of cyclic esters (lactones) is 1. The lowest BCUT2D eigenvalue weighted by Gasteiger charge is -2.11. The number of carbonyl (C=O) groups excluding carboxylic acids is 1. The van der Waals surface area contributed by atoms with Crippen molar-refractivity contribution in [3.05, 3.63) is 29.8 Å². The first-order valence-electron chi connectivity index (χ1n) is 10.2. The standard InChI is InChI=1S/C22H34O3/c1-3-5-7-8-9-10-11-19-17-21(25-22(19)23)18-12-14-20(15-13-18)24-16-6-4-2/h12-15,19,21H,3-11,16-17H2,1-2H3. The Kier molecular flexibility index (Phi) is 8.85. The number of rotatable bonds is 12. The molecule has 1 aromatic carbocycles. The SMILES string of the molecule is CCCCCCCCC1CC(c2ccc(OCCCC)cc2)OC1=O. The molecule has 1 aromatic rings. The van der Waals surface area contributed by atoms with E-state index in [-0.39, 0.29) is 18.0 Å². The highest BCUT2D eigenvalue weighted by Crippen LogP contribution is 2.36. The van der Waals surface area contributed by atoms with Crippen molar-refractivity contribution in [2.24, 2.45) is 5.92 Å². The third kappa shape index (κ3) is 6.72. The van der Waals surface area contributed by atoms with Gasteiger partial charge in [0.1, 0.15) is 11.9 Å². The van der Waals surface area contributed by atoms with Crippen LogP contribution >= 0.6 is 0 Å². The van der Waals surface area contributed by atoms with Crippen molar-refractivity contribution in [1.82, 2.24) is 0 Å². The van der Waals surface area contributed by atoms with Gasteiger partial charge in [0.05, 0.1) is 12.5 Å². The van der Waals surface area contributed by atoms with Crippen LogP contribution in [0.4, 0.5) is 0 Å². The van der Waals surface area contributed by atoms with Crippen LogP contribution in [-0.4, -0.2) is 12.6 Å². The Bertz CT molecular complexity index is 494. The first-order chi connectivity index (χ1) is 12.2. The monoisotopic (exact) mass is 346 g/mol. The number of unbranched alkanes of at least 4 members (excludes halogenated alkanes) is 6. The molecule has 25 heavy (non-hydrogen) atoms. The molecule has 3 heteroatoms. The molecule has 1 heterocycles. The zero-order valence-electron chi connectivity index (χ0n) is 16.0. The van der Waals surface area contributed by atoms with Gasteiger partial charge in [-0.25, -0.2) is 0 Å². The highest BCUT2D eigenvalue weighted by Gasteiger charge is 2.34. The fourth-order valence-electron chi connectivity index (χ4n) is 3.36. The lowest BCUT2D eigenvalue weighted by molar-refractivity contribution is -0.144. The Morgan fingerprint density at radius 2 is 1.64 bits per heavy atom. The molecule has 0 spiro atoms. The number of hydrogen-bond donors (Lipinski definition) is 0. The minimum Gasteiger partial charge on any atom is -0.494 e. The summed E-state index contributed by atoms with van der Waals surface area (Å²) in [5.74, 6) is 0.962. The van der Waals surface area contributed by atoms with Crippen LogP contribution in [0.15, 0.2) is 24.3 Å². The highest BCUT2D eigenvalue weighted by molar-refractivity contribution is 5.74. The minimum atomic E-state index is -0.0812. The van der Waals surface area contributed by atoms with Gasteiger partial charge in [0.15, 0.2) is 0 Å². The molecular formula is C22H34O3. The molecule has 1 aliphatic rings. The normalized spacial score (nSPS) is 19.8. The van der Waals surface area contributed by atoms with Crippen LogP contribution in [-0.2, 0) is 9.53 Å². The number of ether oxygens (including phenoxy) is 2. The molecule has 140 valence electrons. The Morgan fingerprint density at radius 3 is 2.36 bits per heavy atom. The zero-order valence-corrected chi connectivity index (χ0v) is 16.0. The van der Waals surface area contributed by atoms with E-state index in [9.17, 15) is 4.79 Å². The molecule has 0 saturated carbocycles. The summed E-state index contributed by atoms with van der Waals surface area (Å²) < 4.78 is 11.3. The van der Waals surface area contributed by atoms with Crippen LogP contribution in [0.2, 0.25) is 0 Å². The molecule has 2 atom stereocenters. The van der Waals surface area contributed by atoms with E-state index in [0.717, 1.165) is 50.0 Å². The summed E-state index contributed by atoms with van der Waals surface area (Å²) in [6.07, 6.45) is 11.5.